The Labute approximate surface area is 449 Å². The van der Waals surface area contributed by atoms with Gasteiger partial charge in [-0.05, 0) is 117 Å². The van der Waals surface area contributed by atoms with Gasteiger partial charge in [-0.15, -0.1) is 0 Å². The van der Waals surface area contributed by atoms with Crippen LogP contribution in [-0.4, -0.2) is 11.6 Å². The molecule has 77 heavy (non-hydrogen) atoms. The van der Waals surface area contributed by atoms with Crippen LogP contribution in [0.1, 0.15) is 66.8 Å². The minimum atomic E-state index is -0.0391. The van der Waals surface area contributed by atoms with Gasteiger partial charge in [0, 0.05) is 66.8 Å². The fourth-order valence-electron chi connectivity index (χ4n) is 10.2. The third-order valence-corrected chi connectivity index (χ3v) is 13.8. The van der Waals surface area contributed by atoms with Crippen LogP contribution in [0.4, 0.5) is 0 Å². The average Bonchev–Trinajstić information content (AvgIpc) is 4.00. The second kappa shape index (κ2) is 21.5. The van der Waals surface area contributed by atoms with Crippen LogP contribution in [0.2, 0.25) is 0 Å². The Morgan fingerprint density at radius 2 is 0.390 bits per heavy atom. The van der Waals surface area contributed by atoms with Crippen LogP contribution in [0.15, 0.2) is 279 Å². The number of hydrogen-bond donors (Lipinski definition) is 0. The highest BCUT2D eigenvalue weighted by molar-refractivity contribution is 6.60. The molecule has 0 bridgehead atoms. The summed E-state index contributed by atoms with van der Waals surface area (Å²) in [4.78, 5) is 30.2. The smallest absolute Gasteiger partial charge is 0.195 e. The molecule has 10 aromatic rings. The molecule has 0 saturated heterocycles. The molecule has 0 saturated carbocycles. The number of Topliss-reactive ketones (excluding diaryl/α,β-unsaturated/α-hetero) is 2. The van der Waals surface area contributed by atoms with Gasteiger partial charge in [0.1, 0.15) is 11.5 Å². The van der Waals surface area contributed by atoms with Gasteiger partial charge in [-0.2, -0.15) is 0 Å². The molecule has 3 heteroatoms. The van der Waals surface area contributed by atoms with Crippen LogP contribution in [0.5, 0.6) is 11.5 Å². The van der Waals surface area contributed by atoms with Gasteiger partial charge in [0.05, 0.1) is 0 Å². The number of allylic oxidation sites excluding steroid dienone is 8. The van der Waals surface area contributed by atoms with Crippen molar-refractivity contribution in [3.8, 4) is 35.2 Å². The highest BCUT2D eigenvalue weighted by atomic mass is 16.5. The summed E-state index contributed by atoms with van der Waals surface area (Å²) in [6, 6.07) is 91.9. The van der Waals surface area contributed by atoms with Gasteiger partial charge in [0.25, 0.3) is 0 Å². The molecule has 0 unspecified atom stereocenters. The van der Waals surface area contributed by atoms with Crippen molar-refractivity contribution in [3.05, 3.63) is 346 Å². The highest BCUT2D eigenvalue weighted by Crippen LogP contribution is 2.52. The lowest BCUT2D eigenvalue weighted by Gasteiger charge is -2.15. The van der Waals surface area contributed by atoms with Crippen molar-refractivity contribution in [2.24, 2.45) is 0 Å². The fourth-order valence-corrected chi connectivity index (χ4v) is 10.2. The summed E-state index contributed by atoms with van der Waals surface area (Å²) in [7, 11) is 0. The number of rotatable bonds is 10. The molecule has 0 spiro atoms. The summed E-state index contributed by atoms with van der Waals surface area (Å²) in [5, 5.41) is 0. The Balaban J connectivity index is 0.888. The molecule has 12 rings (SSSR count). The van der Waals surface area contributed by atoms with E-state index in [4.69, 9.17) is 4.74 Å². The lowest BCUT2D eigenvalue weighted by atomic mass is 9.89. The molecule has 10 aromatic carbocycles. The minimum absolute atomic E-state index is 0.0391. The first-order chi connectivity index (χ1) is 38.0. The summed E-state index contributed by atoms with van der Waals surface area (Å²) in [5.74, 6) is 14.2. The van der Waals surface area contributed by atoms with E-state index in [1.807, 2.05) is 255 Å². The van der Waals surface area contributed by atoms with Gasteiger partial charge in [0.15, 0.2) is 11.6 Å². The molecule has 0 atom stereocenters. The molecule has 0 amide bonds. The van der Waals surface area contributed by atoms with Crippen molar-refractivity contribution < 1.29 is 14.3 Å². The molecule has 0 N–H and O–H groups in total. The third kappa shape index (κ3) is 9.85. The van der Waals surface area contributed by atoms with E-state index in [0.717, 1.165) is 89.1 Å². The van der Waals surface area contributed by atoms with Crippen LogP contribution in [0.3, 0.4) is 0 Å². The lowest BCUT2D eigenvalue weighted by Crippen LogP contribution is -2.02. The monoisotopic (exact) mass is 982 g/mol. The Bertz CT molecular complexity index is 3820. The number of benzene rings is 10. The van der Waals surface area contributed by atoms with Gasteiger partial charge >= 0.3 is 0 Å². The minimum Gasteiger partial charge on any atom is -0.457 e. The van der Waals surface area contributed by atoms with Gasteiger partial charge in [0.2, 0.25) is 0 Å². The predicted octanol–water partition coefficient (Wildman–Crippen LogP) is 16.5. The molecule has 2 aliphatic rings. The molecule has 3 nitrogen and oxygen atoms in total. The average molecular weight is 983 g/mol. The summed E-state index contributed by atoms with van der Waals surface area (Å²) in [5.41, 5.74) is 16.6. The zero-order valence-corrected chi connectivity index (χ0v) is 41.8. The molecule has 360 valence electrons. The normalized spacial score (nSPS) is 13.1. The fraction of sp³-hybridized carbons (Fsp3) is 0. The first-order valence-electron chi connectivity index (χ1n) is 25.6. The second-order valence-corrected chi connectivity index (χ2v) is 18.7. The predicted molar refractivity (Wildman–Crippen MR) is 314 cm³/mol. The SMILES string of the molecule is O=C1C(c2ccc(C#Cc3ccccc3)cc2)=C(c2ccccc2)C(c2ccc(Oc3ccc(C4=C(c5ccccc5)C(=O)C(c5ccc(C#Cc6ccccc6)cc5)=C4c4ccccc4)cc3)cc2)=C1c1ccccc1. The van der Waals surface area contributed by atoms with E-state index < -0.39 is 0 Å². The lowest BCUT2D eigenvalue weighted by molar-refractivity contribution is -0.109. The second-order valence-electron chi connectivity index (χ2n) is 18.7. The zero-order valence-electron chi connectivity index (χ0n) is 41.8. The van der Waals surface area contributed by atoms with E-state index in [1.165, 1.54) is 0 Å². The summed E-state index contributed by atoms with van der Waals surface area (Å²) >= 11 is 0. The molecular weight excluding hydrogens is 937 g/mol. The topological polar surface area (TPSA) is 43.4 Å². The largest absolute Gasteiger partial charge is 0.457 e. The standard InChI is InChI=1S/C74H46O3/c75-73-69(57-27-15-5-16-28-57)67(65(55-23-11-3-12-24-55)71(73)61-39-35-53(36-40-61)33-31-51-19-7-1-8-20-51)59-43-47-63(48-44-59)77-64-49-45-60(46-50-64)68-66(56-25-13-4-14-26-56)72(74(76)70(68)58-29-17-6-18-30-58)62-41-37-54(38-42-62)34-32-52-21-9-2-10-22-52/h1-30,35-50H. The molecule has 2 aliphatic carbocycles. The maximum atomic E-state index is 15.1. The Hall–Kier alpha value is -10.6. The van der Waals surface area contributed by atoms with Crippen LogP contribution < -0.4 is 4.74 Å². The highest BCUT2D eigenvalue weighted by Gasteiger charge is 2.37. The van der Waals surface area contributed by atoms with Crippen LogP contribution >= 0.6 is 0 Å². The number of carbonyl (C=O) groups is 2. The van der Waals surface area contributed by atoms with Gasteiger partial charge in [-0.3, -0.25) is 9.59 Å². The van der Waals surface area contributed by atoms with Crippen molar-refractivity contribution in [1.29, 1.82) is 0 Å². The van der Waals surface area contributed by atoms with Crippen molar-refractivity contribution in [2.45, 2.75) is 0 Å². The first kappa shape index (κ1) is 47.4. The molecule has 0 heterocycles. The number of ether oxygens (including phenoxy) is 1. The number of hydrogen-bond acceptors (Lipinski definition) is 3. The summed E-state index contributed by atoms with van der Waals surface area (Å²) < 4.78 is 6.59. The van der Waals surface area contributed by atoms with E-state index in [9.17, 15) is 0 Å². The van der Waals surface area contributed by atoms with E-state index >= 15 is 9.59 Å². The van der Waals surface area contributed by atoms with Gasteiger partial charge < -0.3 is 4.74 Å². The Kier molecular flexibility index (Phi) is 13.2. The van der Waals surface area contributed by atoms with Crippen molar-refractivity contribution >= 4 is 56.2 Å². The van der Waals surface area contributed by atoms with Gasteiger partial charge in [-0.1, -0.05) is 230 Å². The maximum absolute atomic E-state index is 15.1. The molecule has 0 aromatic heterocycles. The van der Waals surface area contributed by atoms with Crippen LogP contribution in [-0.2, 0) is 9.59 Å². The Morgan fingerprint density at radius 3 is 0.662 bits per heavy atom. The van der Waals surface area contributed by atoms with Crippen molar-refractivity contribution in [1.82, 2.24) is 0 Å². The Morgan fingerprint density at radius 1 is 0.195 bits per heavy atom. The van der Waals surface area contributed by atoms with Crippen molar-refractivity contribution in [3.63, 3.8) is 0 Å². The molecular formula is C74H46O3. The maximum Gasteiger partial charge on any atom is 0.195 e. The van der Waals surface area contributed by atoms with E-state index in [0.29, 0.717) is 33.8 Å². The zero-order chi connectivity index (χ0) is 51.9. The van der Waals surface area contributed by atoms with Gasteiger partial charge in [-0.25, -0.2) is 0 Å². The van der Waals surface area contributed by atoms with Crippen LogP contribution in [0, 0.1) is 23.7 Å². The third-order valence-electron chi connectivity index (χ3n) is 13.8. The summed E-state index contributed by atoms with van der Waals surface area (Å²) in [6.45, 7) is 0. The molecule has 0 fully saturated rings. The first-order valence-corrected chi connectivity index (χ1v) is 25.6. The molecule has 0 aliphatic heterocycles. The van der Waals surface area contributed by atoms with E-state index in [2.05, 4.69) is 47.9 Å². The van der Waals surface area contributed by atoms with Crippen LogP contribution in [0.25, 0.3) is 44.6 Å². The summed E-state index contributed by atoms with van der Waals surface area (Å²) in [6.07, 6.45) is 0. The number of ketones is 2. The van der Waals surface area contributed by atoms with Crippen molar-refractivity contribution in [2.75, 3.05) is 0 Å². The quantitative estimate of drug-likeness (QED) is 0.128. The number of carbonyl (C=O) groups excluding carboxylic acids is 2. The van der Waals surface area contributed by atoms with E-state index in [-0.39, 0.29) is 11.6 Å². The molecule has 0 radical (unpaired) electrons. The van der Waals surface area contributed by atoms with E-state index in [1.54, 1.807) is 0 Å².